The summed E-state index contributed by atoms with van der Waals surface area (Å²) in [6.07, 6.45) is 3.09. The Hall–Kier alpha value is -1.95. The van der Waals surface area contributed by atoms with E-state index in [1.54, 1.807) is 23.1 Å². The summed E-state index contributed by atoms with van der Waals surface area (Å²) < 4.78 is 4.65. The van der Waals surface area contributed by atoms with Crippen LogP contribution in [0.3, 0.4) is 0 Å². The first-order chi connectivity index (χ1) is 9.96. The standard InChI is InChI=1S/C15H19N3O3/c1-15(20)7-5-11(6-8-15)18(2)14(19)10-3-4-12-13(9-10)17-21-16-12/h3-4,9,11,20H,5-8H2,1-2H3. The Morgan fingerprint density at radius 2 is 2.00 bits per heavy atom. The topological polar surface area (TPSA) is 79.5 Å². The van der Waals surface area contributed by atoms with Crippen molar-refractivity contribution in [3.05, 3.63) is 23.8 Å². The molecule has 2 aromatic rings. The van der Waals surface area contributed by atoms with Crippen LogP contribution in [0.4, 0.5) is 0 Å². The van der Waals surface area contributed by atoms with Gasteiger partial charge in [0.2, 0.25) is 0 Å². The highest BCUT2D eigenvalue weighted by molar-refractivity contribution is 5.97. The molecule has 3 rings (SSSR count). The normalized spacial score (nSPS) is 26.0. The average molecular weight is 289 g/mol. The molecule has 0 saturated heterocycles. The summed E-state index contributed by atoms with van der Waals surface area (Å²) in [6, 6.07) is 5.34. The number of aromatic nitrogens is 2. The molecule has 0 unspecified atom stereocenters. The summed E-state index contributed by atoms with van der Waals surface area (Å²) in [5.41, 5.74) is 1.22. The molecule has 1 fully saturated rings. The zero-order valence-corrected chi connectivity index (χ0v) is 12.2. The zero-order valence-electron chi connectivity index (χ0n) is 12.2. The van der Waals surface area contributed by atoms with E-state index in [1.807, 2.05) is 14.0 Å². The molecule has 1 amide bonds. The maximum atomic E-state index is 12.6. The van der Waals surface area contributed by atoms with Gasteiger partial charge in [-0.05, 0) is 61.1 Å². The van der Waals surface area contributed by atoms with Crippen LogP contribution in [-0.2, 0) is 0 Å². The fourth-order valence-electron chi connectivity index (χ4n) is 2.90. The fourth-order valence-corrected chi connectivity index (χ4v) is 2.90. The number of amides is 1. The molecule has 0 spiro atoms. The molecule has 6 heteroatoms. The summed E-state index contributed by atoms with van der Waals surface area (Å²) in [7, 11) is 1.82. The third-order valence-electron chi connectivity index (χ3n) is 4.40. The third-order valence-corrected chi connectivity index (χ3v) is 4.40. The van der Waals surface area contributed by atoms with E-state index >= 15 is 0 Å². The Kier molecular flexibility index (Phi) is 3.41. The Labute approximate surface area is 122 Å². The van der Waals surface area contributed by atoms with Crippen LogP contribution >= 0.6 is 0 Å². The first kappa shape index (κ1) is 14.0. The van der Waals surface area contributed by atoms with Gasteiger partial charge in [-0.25, -0.2) is 4.63 Å². The molecular weight excluding hydrogens is 270 g/mol. The van der Waals surface area contributed by atoms with Gasteiger partial charge in [0, 0.05) is 18.7 Å². The number of fused-ring (bicyclic) bond motifs is 1. The summed E-state index contributed by atoms with van der Waals surface area (Å²) >= 11 is 0. The van der Waals surface area contributed by atoms with Crippen LogP contribution in [0.5, 0.6) is 0 Å². The van der Waals surface area contributed by atoms with Crippen molar-refractivity contribution in [2.45, 2.75) is 44.2 Å². The first-order valence-electron chi connectivity index (χ1n) is 7.18. The van der Waals surface area contributed by atoms with Gasteiger partial charge < -0.3 is 10.0 Å². The van der Waals surface area contributed by atoms with Crippen LogP contribution in [0.1, 0.15) is 43.0 Å². The Morgan fingerprint density at radius 1 is 1.33 bits per heavy atom. The number of benzene rings is 1. The van der Waals surface area contributed by atoms with E-state index in [0.29, 0.717) is 16.6 Å². The Bertz CT molecular complexity index is 655. The van der Waals surface area contributed by atoms with Gasteiger partial charge in [0.1, 0.15) is 11.0 Å². The number of aliphatic hydroxyl groups is 1. The van der Waals surface area contributed by atoms with Crippen molar-refractivity contribution < 1.29 is 14.5 Å². The molecule has 112 valence electrons. The molecule has 0 atom stereocenters. The second-order valence-corrected chi connectivity index (χ2v) is 6.11. The van der Waals surface area contributed by atoms with Gasteiger partial charge >= 0.3 is 0 Å². The van der Waals surface area contributed by atoms with E-state index in [1.165, 1.54) is 0 Å². The minimum absolute atomic E-state index is 0.0357. The highest BCUT2D eigenvalue weighted by atomic mass is 16.6. The summed E-state index contributed by atoms with van der Waals surface area (Å²) in [5.74, 6) is -0.0357. The van der Waals surface area contributed by atoms with Gasteiger partial charge in [0.25, 0.3) is 5.91 Å². The maximum absolute atomic E-state index is 12.6. The van der Waals surface area contributed by atoms with E-state index < -0.39 is 5.60 Å². The monoisotopic (exact) mass is 289 g/mol. The van der Waals surface area contributed by atoms with Crippen molar-refractivity contribution in [1.29, 1.82) is 0 Å². The van der Waals surface area contributed by atoms with E-state index in [4.69, 9.17) is 0 Å². The Balaban J connectivity index is 1.75. The van der Waals surface area contributed by atoms with Gasteiger partial charge in [0.05, 0.1) is 5.60 Å². The van der Waals surface area contributed by atoms with Crippen LogP contribution in [0, 0.1) is 0 Å². The van der Waals surface area contributed by atoms with Gasteiger partial charge in [-0.3, -0.25) is 4.79 Å². The lowest BCUT2D eigenvalue weighted by Crippen LogP contribution is -2.43. The molecule has 1 aliphatic carbocycles. The number of carbonyl (C=O) groups excluding carboxylic acids is 1. The van der Waals surface area contributed by atoms with Crippen molar-refractivity contribution in [3.8, 4) is 0 Å². The van der Waals surface area contributed by atoms with Gasteiger partial charge in [0.15, 0.2) is 0 Å². The average Bonchev–Trinajstić information content (AvgIpc) is 2.93. The van der Waals surface area contributed by atoms with Crippen LogP contribution in [0.25, 0.3) is 11.0 Å². The van der Waals surface area contributed by atoms with E-state index in [9.17, 15) is 9.90 Å². The molecule has 1 heterocycles. The fraction of sp³-hybridized carbons (Fsp3) is 0.533. The number of hydrogen-bond donors (Lipinski definition) is 1. The van der Waals surface area contributed by atoms with Crippen LogP contribution in [-0.4, -0.2) is 44.9 Å². The van der Waals surface area contributed by atoms with Crippen LogP contribution in [0.2, 0.25) is 0 Å². The summed E-state index contributed by atoms with van der Waals surface area (Å²) in [4.78, 5) is 14.3. The molecule has 1 N–H and O–H groups in total. The van der Waals surface area contributed by atoms with Crippen LogP contribution in [0.15, 0.2) is 22.8 Å². The quantitative estimate of drug-likeness (QED) is 0.914. The van der Waals surface area contributed by atoms with Crippen LogP contribution < -0.4 is 0 Å². The molecule has 0 radical (unpaired) electrons. The number of carbonyl (C=O) groups is 1. The molecule has 6 nitrogen and oxygen atoms in total. The van der Waals surface area contributed by atoms with Gasteiger partial charge in [-0.2, -0.15) is 0 Å². The van der Waals surface area contributed by atoms with E-state index in [2.05, 4.69) is 14.9 Å². The largest absolute Gasteiger partial charge is 0.390 e. The van der Waals surface area contributed by atoms with E-state index in [0.717, 1.165) is 25.7 Å². The lowest BCUT2D eigenvalue weighted by molar-refractivity contribution is -0.000208. The van der Waals surface area contributed by atoms with Crippen molar-refractivity contribution in [3.63, 3.8) is 0 Å². The smallest absolute Gasteiger partial charge is 0.253 e. The minimum Gasteiger partial charge on any atom is -0.390 e. The maximum Gasteiger partial charge on any atom is 0.253 e. The SMILES string of the molecule is CN(C(=O)c1ccc2nonc2c1)C1CCC(C)(O)CC1. The Morgan fingerprint density at radius 3 is 2.71 bits per heavy atom. The van der Waals surface area contributed by atoms with Gasteiger partial charge in [-0.15, -0.1) is 0 Å². The highest BCUT2D eigenvalue weighted by Crippen LogP contribution is 2.30. The molecule has 1 aromatic heterocycles. The molecule has 0 aliphatic heterocycles. The molecule has 1 aliphatic rings. The van der Waals surface area contributed by atoms with Crippen molar-refractivity contribution in [1.82, 2.24) is 15.2 Å². The first-order valence-corrected chi connectivity index (χ1v) is 7.18. The second-order valence-electron chi connectivity index (χ2n) is 6.11. The molecule has 0 bridgehead atoms. The number of hydrogen-bond acceptors (Lipinski definition) is 5. The zero-order chi connectivity index (χ0) is 15.0. The van der Waals surface area contributed by atoms with Crippen molar-refractivity contribution in [2.75, 3.05) is 7.05 Å². The predicted octanol–water partition coefficient (Wildman–Crippen LogP) is 1.99. The lowest BCUT2D eigenvalue weighted by atomic mass is 9.83. The number of nitrogens with zero attached hydrogens (tertiary/aromatic N) is 3. The van der Waals surface area contributed by atoms with Crippen molar-refractivity contribution >= 4 is 16.9 Å². The lowest BCUT2D eigenvalue weighted by Gasteiger charge is -2.37. The molecule has 21 heavy (non-hydrogen) atoms. The number of rotatable bonds is 2. The molecular formula is C15H19N3O3. The van der Waals surface area contributed by atoms with Crippen molar-refractivity contribution in [2.24, 2.45) is 0 Å². The summed E-state index contributed by atoms with van der Waals surface area (Å²) in [5, 5.41) is 17.5. The predicted molar refractivity (Wildman–Crippen MR) is 76.8 cm³/mol. The van der Waals surface area contributed by atoms with E-state index in [-0.39, 0.29) is 11.9 Å². The molecule has 1 saturated carbocycles. The minimum atomic E-state index is -0.592. The van der Waals surface area contributed by atoms with Gasteiger partial charge in [-0.1, -0.05) is 0 Å². The molecule has 1 aromatic carbocycles. The second kappa shape index (κ2) is 5.11. The summed E-state index contributed by atoms with van der Waals surface area (Å²) in [6.45, 7) is 1.86. The highest BCUT2D eigenvalue weighted by Gasteiger charge is 2.32. The third kappa shape index (κ3) is 2.76.